The maximum Gasteiger partial charge on any atom is 0.227 e. The van der Waals surface area contributed by atoms with Crippen LogP contribution in [0.4, 0.5) is 5.69 Å². The third-order valence-corrected chi connectivity index (χ3v) is 4.20. The second-order valence-electron chi connectivity index (χ2n) is 5.48. The minimum Gasteiger partial charge on any atom is -0.381 e. The molecular weight excluding hydrogens is 252 g/mol. The van der Waals surface area contributed by atoms with Crippen molar-refractivity contribution in [3.63, 3.8) is 0 Å². The summed E-state index contributed by atoms with van der Waals surface area (Å²) in [6, 6.07) is 7.95. The Kier molecular flexibility index (Phi) is 3.74. The van der Waals surface area contributed by atoms with Crippen molar-refractivity contribution in [2.24, 2.45) is 5.92 Å². The number of hydrogen-bond acceptors (Lipinski definition) is 2. The van der Waals surface area contributed by atoms with Crippen LogP contribution in [0, 0.1) is 5.92 Å². The van der Waals surface area contributed by atoms with Crippen molar-refractivity contribution in [1.29, 1.82) is 0 Å². The van der Waals surface area contributed by atoms with Crippen molar-refractivity contribution >= 4 is 22.5 Å². The molecule has 0 bridgehead atoms. The number of hydrogen-bond donors (Lipinski definition) is 2. The lowest BCUT2D eigenvalue weighted by molar-refractivity contribution is -0.121. The van der Waals surface area contributed by atoms with Gasteiger partial charge in [0.25, 0.3) is 0 Å². The molecule has 2 aromatic rings. The minimum atomic E-state index is 0.114. The third-order valence-electron chi connectivity index (χ3n) is 4.20. The number of anilines is 1. The summed E-state index contributed by atoms with van der Waals surface area (Å²) >= 11 is 0. The molecule has 4 nitrogen and oxygen atoms in total. The summed E-state index contributed by atoms with van der Waals surface area (Å²) in [6.45, 7) is 0. The monoisotopic (exact) mass is 272 g/mol. The maximum atomic E-state index is 12.3. The van der Waals surface area contributed by atoms with Crippen LogP contribution < -0.4 is 5.32 Å². The molecule has 1 aromatic heterocycles. The molecule has 0 unspecified atom stereocenters. The van der Waals surface area contributed by atoms with Crippen molar-refractivity contribution in [3.8, 4) is 0 Å². The van der Waals surface area contributed by atoms with E-state index >= 15 is 0 Å². The zero-order valence-electron chi connectivity index (χ0n) is 11.7. The Balaban J connectivity index is 1.63. The lowest BCUT2D eigenvalue weighted by Crippen LogP contribution is -2.29. The summed E-state index contributed by atoms with van der Waals surface area (Å²) in [5.41, 5.74) is 1.96. The van der Waals surface area contributed by atoms with Gasteiger partial charge < -0.3 is 15.0 Å². The Morgan fingerprint density at radius 3 is 2.80 bits per heavy atom. The highest BCUT2D eigenvalue weighted by Gasteiger charge is 2.26. The van der Waals surface area contributed by atoms with E-state index in [4.69, 9.17) is 4.74 Å². The topological polar surface area (TPSA) is 54.1 Å². The van der Waals surface area contributed by atoms with Crippen LogP contribution in [0.2, 0.25) is 0 Å². The first-order valence-corrected chi connectivity index (χ1v) is 7.17. The molecule has 0 aliphatic heterocycles. The van der Waals surface area contributed by atoms with E-state index in [2.05, 4.69) is 10.3 Å². The number of benzene rings is 1. The predicted molar refractivity (Wildman–Crippen MR) is 79.7 cm³/mol. The Morgan fingerprint density at radius 1 is 1.25 bits per heavy atom. The van der Waals surface area contributed by atoms with E-state index in [9.17, 15) is 4.79 Å². The number of nitrogens with one attached hydrogen (secondary N) is 2. The number of aromatic nitrogens is 1. The highest BCUT2D eigenvalue weighted by Crippen LogP contribution is 2.27. The molecule has 1 amide bonds. The quantitative estimate of drug-likeness (QED) is 0.900. The number of methoxy groups -OCH3 is 1. The van der Waals surface area contributed by atoms with Gasteiger partial charge in [-0.05, 0) is 49.9 Å². The number of ether oxygens (including phenoxy) is 1. The van der Waals surface area contributed by atoms with Gasteiger partial charge in [-0.1, -0.05) is 0 Å². The molecule has 1 fully saturated rings. The number of carbonyl (C=O) groups is 1. The van der Waals surface area contributed by atoms with Gasteiger partial charge in [-0.2, -0.15) is 0 Å². The molecule has 0 spiro atoms. The Labute approximate surface area is 118 Å². The van der Waals surface area contributed by atoms with E-state index in [1.54, 1.807) is 7.11 Å². The van der Waals surface area contributed by atoms with Crippen LogP contribution in [0.25, 0.3) is 10.9 Å². The van der Waals surface area contributed by atoms with Crippen LogP contribution in [0.3, 0.4) is 0 Å². The van der Waals surface area contributed by atoms with Crippen LogP contribution in [-0.2, 0) is 9.53 Å². The summed E-state index contributed by atoms with van der Waals surface area (Å²) in [5, 5.41) is 4.15. The van der Waals surface area contributed by atoms with Gasteiger partial charge in [0.05, 0.1) is 6.10 Å². The fourth-order valence-electron chi connectivity index (χ4n) is 2.94. The standard InChI is InChI=1S/C16H20N2O2/c1-20-14-5-2-11(3-6-14)16(19)18-13-4-7-15-12(10-13)8-9-17-15/h4,7-11,14,17H,2-3,5-6H2,1H3,(H,18,19). The molecule has 0 atom stereocenters. The van der Waals surface area contributed by atoms with Gasteiger partial charge in [-0.25, -0.2) is 0 Å². The molecule has 4 heteroatoms. The SMILES string of the molecule is COC1CCC(C(=O)Nc2ccc3[nH]ccc3c2)CC1. The summed E-state index contributed by atoms with van der Waals surface area (Å²) in [4.78, 5) is 15.4. The normalized spacial score (nSPS) is 22.9. The van der Waals surface area contributed by atoms with E-state index in [1.807, 2.05) is 30.5 Å². The molecule has 0 saturated heterocycles. The van der Waals surface area contributed by atoms with Gasteiger partial charge in [0.2, 0.25) is 5.91 Å². The van der Waals surface area contributed by atoms with Gasteiger partial charge in [-0.3, -0.25) is 4.79 Å². The number of fused-ring (bicyclic) bond motifs is 1. The largest absolute Gasteiger partial charge is 0.381 e. The van der Waals surface area contributed by atoms with Crippen molar-refractivity contribution in [1.82, 2.24) is 4.98 Å². The van der Waals surface area contributed by atoms with Crippen LogP contribution in [-0.4, -0.2) is 24.1 Å². The number of carbonyl (C=O) groups excluding carboxylic acids is 1. The van der Waals surface area contributed by atoms with Crippen LogP contribution in [0.5, 0.6) is 0 Å². The summed E-state index contributed by atoms with van der Waals surface area (Å²) in [5.74, 6) is 0.248. The van der Waals surface area contributed by atoms with Crippen molar-refractivity contribution in [3.05, 3.63) is 30.5 Å². The Bertz CT molecular complexity index is 597. The van der Waals surface area contributed by atoms with Crippen LogP contribution in [0.15, 0.2) is 30.5 Å². The number of rotatable bonds is 3. The lowest BCUT2D eigenvalue weighted by Gasteiger charge is -2.26. The van der Waals surface area contributed by atoms with Gasteiger partial charge in [0.1, 0.15) is 0 Å². The van der Waals surface area contributed by atoms with Crippen LogP contribution in [0.1, 0.15) is 25.7 Å². The van der Waals surface area contributed by atoms with Gasteiger partial charge in [0.15, 0.2) is 0 Å². The molecule has 20 heavy (non-hydrogen) atoms. The molecule has 106 valence electrons. The van der Waals surface area contributed by atoms with Gasteiger partial charge in [0, 0.05) is 35.8 Å². The molecule has 1 aliphatic rings. The zero-order valence-corrected chi connectivity index (χ0v) is 11.7. The number of aromatic amines is 1. The molecule has 1 saturated carbocycles. The highest BCUT2D eigenvalue weighted by atomic mass is 16.5. The van der Waals surface area contributed by atoms with Crippen LogP contribution >= 0.6 is 0 Å². The highest BCUT2D eigenvalue weighted by molar-refractivity contribution is 5.95. The molecular formula is C16H20N2O2. The van der Waals surface area contributed by atoms with E-state index < -0.39 is 0 Å². The van der Waals surface area contributed by atoms with Gasteiger partial charge >= 0.3 is 0 Å². The molecule has 2 N–H and O–H groups in total. The molecule has 0 radical (unpaired) electrons. The molecule has 1 aliphatic carbocycles. The average Bonchev–Trinajstić information content (AvgIpc) is 2.95. The second kappa shape index (κ2) is 5.67. The lowest BCUT2D eigenvalue weighted by atomic mass is 9.87. The van der Waals surface area contributed by atoms with E-state index in [0.29, 0.717) is 6.10 Å². The third kappa shape index (κ3) is 2.70. The first-order valence-electron chi connectivity index (χ1n) is 7.17. The number of H-pyrrole nitrogens is 1. The fourth-order valence-corrected chi connectivity index (χ4v) is 2.94. The fraction of sp³-hybridized carbons (Fsp3) is 0.438. The van der Waals surface area contributed by atoms with E-state index in [0.717, 1.165) is 42.3 Å². The van der Waals surface area contributed by atoms with Crippen molar-refractivity contribution in [2.75, 3.05) is 12.4 Å². The molecule has 1 aromatic carbocycles. The van der Waals surface area contributed by atoms with Crippen molar-refractivity contribution < 1.29 is 9.53 Å². The zero-order chi connectivity index (χ0) is 13.9. The second-order valence-corrected chi connectivity index (χ2v) is 5.48. The summed E-state index contributed by atoms with van der Waals surface area (Å²) in [6.07, 6.45) is 6.02. The molecule has 1 heterocycles. The maximum absolute atomic E-state index is 12.3. The smallest absolute Gasteiger partial charge is 0.227 e. The minimum absolute atomic E-state index is 0.114. The Hall–Kier alpha value is -1.81. The summed E-state index contributed by atoms with van der Waals surface area (Å²) < 4.78 is 5.34. The number of amides is 1. The van der Waals surface area contributed by atoms with Gasteiger partial charge in [-0.15, -0.1) is 0 Å². The van der Waals surface area contributed by atoms with E-state index in [-0.39, 0.29) is 11.8 Å². The first kappa shape index (κ1) is 13.2. The predicted octanol–water partition coefficient (Wildman–Crippen LogP) is 3.31. The van der Waals surface area contributed by atoms with E-state index in [1.165, 1.54) is 0 Å². The Morgan fingerprint density at radius 2 is 2.05 bits per heavy atom. The van der Waals surface area contributed by atoms with Crippen molar-refractivity contribution in [2.45, 2.75) is 31.8 Å². The summed E-state index contributed by atoms with van der Waals surface area (Å²) in [7, 11) is 1.75. The molecule has 3 rings (SSSR count). The first-order chi connectivity index (χ1) is 9.76. The average molecular weight is 272 g/mol.